The van der Waals surface area contributed by atoms with Crippen molar-refractivity contribution in [3.63, 3.8) is 0 Å². The highest BCUT2D eigenvalue weighted by molar-refractivity contribution is 5.90. The van der Waals surface area contributed by atoms with Crippen molar-refractivity contribution in [3.05, 3.63) is 60.4 Å². The van der Waals surface area contributed by atoms with Gasteiger partial charge in [0.1, 0.15) is 0 Å². The summed E-state index contributed by atoms with van der Waals surface area (Å²) in [6.45, 7) is 0. The third kappa shape index (κ3) is 4.52. The Morgan fingerprint density at radius 3 is 2.53 bits per heavy atom. The molecule has 4 heteroatoms. The highest BCUT2D eigenvalue weighted by Gasteiger charge is 2.10. The molecule has 1 aromatic heterocycles. The van der Waals surface area contributed by atoms with E-state index in [0.717, 1.165) is 11.3 Å². The van der Waals surface area contributed by atoms with Gasteiger partial charge in [-0.05, 0) is 24.1 Å². The minimum Gasteiger partial charge on any atom is -0.327 e. The van der Waals surface area contributed by atoms with Crippen LogP contribution in [0, 0.1) is 0 Å². The molecule has 0 bridgehead atoms. The van der Waals surface area contributed by atoms with Crippen molar-refractivity contribution in [1.82, 2.24) is 4.98 Å². The predicted octanol–water partition coefficient (Wildman–Crippen LogP) is 1.98. The van der Waals surface area contributed by atoms with Gasteiger partial charge in [0.15, 0.2) is 0 Å². The Bertz CT molecular complexity index is 513. The second-order valence-electron chi connectivity index (χ2n) is 4.44. The van der Waals surface area contributed by atoms with Crippen LogP contribution in [0.1, 0.15) is 12.0 Å². The van der Waals surface area contributed by atoms with Crippen LogP contribution in [0.25, 0.3) is 0 Å². The second-order valence-corrected chi connectivity index (χ2v) is 4.44. The fraction of sp³-hybridized carbons (Fsp3) is 0.200. The lowest BCUT2D eigenvalue weighted by atomic mass is 10.0. The van der Waals surface area contributed by atoms with Crippen LogP contribution in [0.3, 0.4) is 0 Å². The number of hydrogen-bond donors (Lipinski definition) is 2. The van der Waals surface area contributed by atoms with Crippen molar-refractivity contribution < 1.29 is 4.79 Å². The summed E-state index contributed by atoms with van der Waals surface area (Å²) >= 11 is 0. The fourth-order valence-corrected chi connectivity index (χ4v) is 1.87. The predicted molar refractivity (Wildman–Crippen MR) is 75.6 cm³/mol. The van der Waals surface area contributed by atoms with E-state index in [-0.39, 0.29) is 11.9 Å². The number of nitrogens with two attached hydrogens (primary N) is 1. The molecule has 98 valence electrons. The number of pyridine rings is 1. The number of anilines is 1. The van der Waals surface area contributed by atoms with Crippen LogP contribution < -0.4 is 11.1 Å². The normalized spacial score (nSPS) is 11.8. The molecule has 1 atom stereocenters. The molecule has 1 heterocycles. The van der Waals surface area contributed by atoms with Crippen molar-refractivity contribution in [1.29, 1.82) is 0 Å². The molecule has 0 saturated carbocycles. The first-order valence-electron chi connectivity index (χ1n) is 6.23. The van der Waals surface area contributed by atoms with Crippen LogP contribution in [0.4, 0.5) is 5.69 Å². The number of rotatable bonds is 5. The van der Waals surface area contributed by atoms with Gasteiger partial charge >= 0.3 is 0 Å². The van der Waals surface area contributed by atoms with Crippen molar-refractivity contribution in [2.75, 3.05) is 5.32 Å². The van der Waals surface area contributed by atoms with E-state index in [1.165, 1.54) is 0 Å². The van der Waals surface area contributed by atoms with Crippen LogP contribution in [0.5, 0.6) is 0 Å². The van der Waals surface area contributed by atoms with E-state index in [1.807, 2.05) is 30.3 Å². The topological polar surface area (TPSA) is 68.0 Å². The standard InChI is InChI=1S/C15H17N3O/c16-13(10-12-4-2-1-3-5-12)11-15(19)18-14-6-8-17-9-7-14/h1-9,13H,10-11,16H2,(H,17,18,19)/t13-/m0/s1. The molecular weight excluding hydrogens is 238 g/mol. The number of nitrogens with one attached hydrogen (secondary N) is 1. The van der Waals surface area contributed by atoms with Gasteiger partial charge in [-0.15, -0.1) is 0 Å². The summed E-state index contributed by atoms with van der Waals surface area (Å²) in [6.07, 6.45) is 4.28. The summed E-state index contributed by atoms with van der Waals surface area (Å²) in [7, 11) is 0. The van der Waals surface area contributed by atoms with Gasteiger partial charge in [0, 0.05) is 30.5 Å². The molecule has 1 aromatic carbocycles. The van der Waals surface area contributed by atoms with E-state index >= 15 is 0 Å². The zero-order chi connectivity index (χ0) is 13.5. The number of benzene rings is 1. The molecule has 0 saturated heterocycles. The minimum atomic E-state index is -0.177. The molecule has 0 fully saturated rings. The van der Waals surface area contributed by atoms with Gasteiger partial charge in [0.05, 0.1) is 0 Å². The molecule has 0 radical (unpaired) electrons. The van der Waals surface area contributed by atoms with Gasteiger partial charge in [-0.3, -0.25) is 9.78 Å². The Hall–Kier alpha value is -2.20. The van der Waals surface area contributed by atoms with E-state index in [2.05, 4.69) is 10.3 Å². The lowest BCUT2D eigenvalue weighted by Gasteiger charge is -2.11. The molecule has 0 spiro atoms. The Balaban J connectivity index is 1.82. The van der Waals surface area contributed by atoms with E-state index < -0.39 is 0 Å². The monoisotopic (exact) mass is 255 g/mol. The maximum absolute atomic E-state index is 11.8. The third-order valence-corrected chi connectivity index (χ3v) is 2.75. The molecule has 0 aliphatic heterocycles. The van der Waals surface area contributed by atoms with Gasteiger partial charge in [-0.2, -0.15) is 0 Å². The molecule has 2 aromatic rings. The van der Waals surface area contributed by atoms with Crippen molar-refractivity contribution in [2.45, 2.75) is 18.9 Å². The smallest absolute Gasteiger partial charge is 0.225 e. The first-order valence-corrected chi connectivity index (χ1v) is 6.23. The number of nitrogens with zero attached hydrogens (tertiary/aromatic N) is 1. The first kappa shape index (κ1) is 13.2. The Morgan fingerprint density at radius 1 is 1.16 bits per heavy atom. The average molecular weight is 255 g/mol. The first-order chi connectivity index (χ1) is 9.24. The number of carbonyl (C=O) groups is 1. The SMILES string of the molecule is N[C@H](CC(=O)Nc1ccncc1)Cc1ccccc1. The fourth-order valence-electron chi connectivity index (χ4n) is 1.87. The van der Waals surface area contributed by atoms with Crippen molar-refractivity contribution >= 4 is 11.6 Å². The number of carbonyl (C=O) groups excluding carboxylic acids is 1. The van der Waals surface area contributed by atoms with E-state index in [9.17, 15) is 4.79 Å². The molecule has 0 aliphatic rings. The second kappa shape index (κ2) is 6.66. The van der Waals surface area contributed by atoms with Crippen LogP contribution in [0.15, 0.2) is 54.9 Å². The highest BCUT2D eigenvalue weighted by atomic mass is 16.1. The molecule has 0 aliphatic carbocycles. The highest BCUT2D eigenvalue weighted by Crippen LogP contribution is 2.07. The van der Waals surface area contributed by atoms with Gasteiger partial charge in [0.2, 0.25) is 5.91 Å². The zero-order valence-electron chi connectivity index (χ0n) is 10.6. The van der Waals surface area contributed by atoms with Crippen LogP contribution in [-0.4, -0.2) is 16.9 Å². The summed E-state index contributed by atoms with van der Waals surface area (Å²) < 4.78 is 0. The van der Waals surface area contributed by atoms with Gasteiger partial charge in [-0.1, -0.05) is 30.3 Å². The Kier molecular flexibility index (Phi) is 4.64. The van der Waals surface area contributed by atoms with E-state index in [1.54, 1.807) is 24.5 Å². The zero-order valence-corrected chi connectivity index (χ0v) is 10.6. The summed E-state index contributed by atoms with van der Waals surface area (Å²) in [6, 6.07) is 13.3. The lowest BCUT2D eigenvalue weighted by Crippen LogP contribution is -2.29. The minimum absolute atomic E-state index is 0.0744. The van der Waals surface area contributed by atoms with Crippen molar-refractivity contribution in [3.8, 4) is 0 Å². The molecule has 1 amide bonds. The molecule has 19 heavy (non-hydrogen) atoms. The van der Waals surface area contributed by atoms with Gasteiger partial charge in [-0.25, -0.2) is 0 Å². The summed E-state index contributed by atoms with van der Waals surface area (Å²) in [4.78, 5) is 15.7. The number of aromatic nitrogens is 1. The molecular formula is C15H17N3O. The third-order valence-electron chi connectivity index (χ3n) is 2.75. The van der Waals surface area contributed by atoms with Crippen LogP contribution in [0.2, 0.25) is 0 Å². The van der Waals surface area contributed by atoms with Crippen molar-refractivity contribution in [2.24, 2.45) is 5.73 Å². The molecule has 2 rings (SSSR count). The van der Waals surface area contributed by atoms with Crippen LogP contribution >= 0.6 is 0 Å². The quantitative estimate of drug-likeness (QED) is 0.858. The van der Waals surface area contributed by atoms with E-state index in [4.69, 9.17) is 5.73 Å². The van der Waals surface area contributed by atoms with Crippen LogP contribution in [-0.2, 0) is 11.2 Å². The summed E-state index contributed by atoms with van der Waals surface area (Å²) in [5.74, 6) is -0.0744. The number of hydrogen-bond acceptors (Lipinski definition) is 3. The lowest BCUT2D eigenvalue weighted by molar-refractivity contribution is -0.116. The Morgan fingerprint density at radius 2 is 1.84 bits per heavy atom. The molecule has 4 nitrogen and oxygen atoms in total. The largest absolute Gasteiger partial charge is 0.327 e. The average Bonchev–Trinajstić information content (AvgIpc) is 2.40. The number of amides is 1. The van der Waals surface area contributed by atoms with Gasteiger partial charge < -0.3 is 11.1 Å². The maximum Gasteiger partial charge on any atom is 0.225 e. The summed E-state index contributed by atoms with van der Waals surface area (Å²) in [5.41, 5.74) is 7.87. The maximum atomic E-state index is 11.8. The molecule has 3 N–H and O–H groups in total. The van der Waals surface area contributed by atoms with Gasteiger partial charge in [0.25, 0.3) is 0 Å². The Labute approximate surface area is 112 Å². The summed E-state index contributed by atoms with van der Waals surface area (Å²) in [5, 5.41) is 2.80. The van der Waals surface area contributed by atoms with E-state index in [0.29, 0.717) is 12.8 Å². The molecule has 0 unspecified atom stereocenters.